The van der Waals surface area contributed by atoms with Crippen LogP contribution in [0.4, 0.5) is 4.79 Å². The summed E-state index contributed by atoms with van der Waals surface area (Å²) >= 11 is 0. The molecule has 3 atom stereocenters. The van der Waals surface area contributed by atoms with Gasteiger partial charge >= 0.3 is 6.09 Å². The third kappa shape index (κ3) is 4.40. The first kappa shape index (κ1) is 21.7. The largest absolute Gasteiger partial charge is 0.448 e. The summed E-state index contributed by atoms with van der Waals surface area (Å²) in [5.41, 5.74) is 5.90. The molecule has 0 bridgehead atoms. The highest BCUT2D eigenvalue weighted by Gasteiger charge is 2.33. The normalized spacial score (nSPS) is 20.7. The van der Waals surface area contributed by atoms with Gasteiger partial charge in [-0.15, -0.1) is 0 Å². The summed E-state index contributed by atoms with van der Waals surface area (Å²) in [7, 11) is 0. The predicted molar refractivity (Wildman–Crippen MR) is 130 cm³/mol. The van der Waals surface area contributed by atoms with Crippen LogP contribution in [0.5, 0.6) is 0 Å². The summed E-state index contributed by atoms with van der Waals surface area (Å²) in [6.07, 6.45) is 0.921. The van der Waals surface area contributed by atoms with Gasteiger partial charge in [0.15, 0.2) is 0 Å². The van der Waals surface area contributed by atoms with E-state index in [0.29, 0.717) is 31.5 Å². The zero-order valence-electron chi connectivity index (χ0n) is 19.1. The van der Waals surface area contributed by atoms with E-state index in [1.165, 1.54) is 22.3 Å². The van der Waals surface area contributed by atoms with Gasteiger partial charge in [0.05, 0.1) is 6.10 Å². The number of piperidine rings is 1. The molecule has 33 heavy (non-hydrogen) atoms. The van der Waals surface area contributed by atoms with Gasteiger partial charge < -0.3 is 14.7 Å². The highest BCUT2D eigenvalue weighted by Crippen LogP contribution is 2.44. The lowest BCUT2D eigenvalue weighted by molar-refractivity contribution is 0.0536. The molecule has 2 aliphatic rings. The van der Waals surface area contributed by atoms with Crippen LogP contribution in [-0.4, -0.2) is 35.8 Å². The topological polar surface area (TPSA) is 49.8 Å². The molecule has 1 saturated heterocycles. The number of nitrogens with zero attached hydrogens (tertiary/aromatic N) is 1. The third-order valence-corrected chi connectivity index (χ3v) is 7.39. The number of hydrogen-bond donors (Lipinski definition) is 1. The number of rotatable bonds is 5. The average Bonchev–Trinajstić information content (AvgIpc) is 3.18. The SMILES string of the molecule is C[C@H]1CN(C(=O)OCC2c3ccccc3-c3ccccc32)CC[C@@H]1C[C@@H](O)c1ccccc1. The maximum atomic E-state index is 12.9. The average molecular weight is 442 g/mol. The molecule has 0 aromatic heterocycles. The van der Waals surface area contributed by atoms with E-state index in [2.05, 4.69) is 55.5 Å². The number of ether oxygens (including phenoxy) is 1. The van der Waals surface area contributed by atoms with Crippen LogP contribution in [0.2, 0.25) is 0 Å². The first-order valence-corrected chi connectivity index (χ1v) is 11.9. The van der Waals surface area contributed by atoms with E-state index in [9.17, 15) is 9.90 Å². The van der Waals surface area contributed by atoms with Gasteiger partial charge in [0.25, 0.3) is 0 Å². The Kier molecular flexibility index (Phi) is 6.19. The van der Waals surface area contributed by atoms with E-state index in [-0.39, 0.29) is 12.0 Å². The number of amides is 1. The number of aliphatic hydroxyl groups is 1. The van der Waals surface area contributed by atoms with Crippen molar-refractivity contribution in [3.05, 3.63) is 95.6 Å². The molecule has 170 valence electrons. The van der Waals surface area contributed by atoms with Gasteiger partial charge in [0.1, 0.15) is 6.61 Å². The Morgan fingerprint density at radius 1 is 0.970 bits per heavy atom. The number of benzene rings is 3. The Hall–Kier alpha value is -3.11. The minimum atomic E-state index is -0.459. The Morgan fingerprint density at radius 2 is 1.58 bits per heavy atom. The van der Waals surface area contributed by atoms with Crippen LogP contribution in [0.1, 0.15) is 48.5 Å². The third-order valence-electron chi connectivity index (χ3n) is 7.39. The summed E-state index contributed by atoms with van der Waals surface area (Å²) in [5.74, 6) is 0.785. The van der Waals surface area contributed by atoms with Gasteiger partial charge in [-0.25, -0.2) is 4.79 Å². The van der Waals surface area contributed by atoms with E-state index < -0.39 is 6.10 Å². The second-order valence-electron chi connectivity index (χ2n) is 9.44. The number of hydrogen-bond acceptors (Lipinski definition) is 3. The number of carbonyl (C=O) groups excluding carboxylic acids is 1. The molecule has 1 heterocycles. The van der Waals surface area contributed by atoms with Crippen LogP contribution in [0, 0.1) is 11.8 Å². The van der Waals surface area contributed by atoms with Crippen LogP contribution in [0.3, 0.4) is 0 Å². The van der Waals surface area contributed by atoms with Crippen molar-refractivity contribution < 1.29 is 14.6 Å². The van der Waals surface area contributed by atoms with Crippen LogP contribution < -0.4 is 0 Å². The maximum Gasteiger partial charge on any atom is 0.409 e. The molecule has 0 radical (unpaired) electrons. The molecule has 0 unspecified atom stereocenters. The van der Waals surface area contributed by atoms with Gasteiger partial charge in [-0.3, -0.25) is 0 Å². The summed E-state index contributed by atoms with van der Waals surface area (Å²) in [6.45, 7) is 3.87. The molecule has 1 amide bonds. The van der Waals surface area contributed by atoms with Crippen molar-refractivity contribution in [2.45, 2.75) is 31.8 Å². The van der Waals surface area contributed by atoms with Gasteiger partial charge in [-0.2, -0.15) is 0 Å². The Morgan fingerprint density at radius 3 is 2.21 bits per heavy atom. The minimum Gasteiger partial charge on any atom is -0.448 e. The van der Waals surface area contributed by atoms with Crippen molar-refractivity contribution in [1.29, 1.82) is 0 Å². The van der Waals surface area contributed by atoms with E-state index in [1.54, 1.807) is 0 Å². The van der Waals surface area contributed by atoms with Crippen LogP contribution in [0.25, 0.3) is 11.1 Å². The number of carbonyl (C=O) groups is 1. The van der Waals surface area contributed by atoms with E-state index >= 15 is 0 Å². The lowest BCUT2D eigenvalue weighted by atomic mass is 9.82. The monoisotopic (exact) mass is 441 g/mol. The quantitative estimate of drug-likeness (QED) is 0.527. The molecule has 1 aliphatic heterocycles. The number of aliphatic hydroxyl groups excluding tert-OH is 1. The Balaban J connectivity index is 1.18. The lowest BCUT2D eigenvalue weighted by Crippen LogP contribution is -2.43. The summed E-state index contributed by atoms with van der Waals surface area (Å²) in [6, 6.07) is 26.6. The standard InChI is InChI=1S/C29H31NO3/c1-20-18-30(16-15-22(20)17-28(31)21-9-3-2-4-10-21)29(32)33-19-27-25-13-7-5-11-23(25)24-12-6-8-14-26(24)27/h2-14,20,22,27-28,31H,15-19H2,1H3/t20-,22+,28+/m0/s1. The minimum absolute atomic E-state index is 0.0809. The molecule has 0 saturated carbocycles. The zero-order chi connectivity index (χ0) is 22.8. The van der Waals surface area contributed by atoms with Gasteiger partial charge in [0, 0.05) is 19.0 Å². The van der Waals surface area contributed by atoms with Crippen molar-refractivity contribution in [2.75, 3.05) is 19.7 Å². The van der Waals surface area contributed by atoms with Crippen molar-refractivity contribution in [1.82, 2.24) is 4.90 Å². The van der Waals surface area contributed by atoms with Gasteiger partial charge in [-0.1, -0.05) is 85.8 Å². The Bertz CT molecular complexity index is 1070. The summed E-state index contributed by atoms with van der Waals surface area (Å²) in [5, 5.41) is 10.6. The number of likely N-dealkylation sites (tertiary alicyclic amines) is 1. The fraction of sp³-hybridized carbons (Fsp3) is 0.345. The molecular formula is C29H31NO3. The molecular weight excluding hydrogens is 410 g/mol. The molecule has 1 N–H and O–H groups in total. The summed E-state index contributed by atoms with van der Waals surface area (Å²) in [4.78, 5) is 14.8. The molecule has 1 fully saturated rings. The Labute approximate surface area is 195 Å². The van der Waals surface area contributed by atoms with Crippen LogP contribution in [-0.2, 0) is 4.74 Å². The molecule has 0 spiro atoms. The first-order valence-electron chi connectivity index (χ1n) is 11.9. The lowest BCUT2D eigenvalue weighted by Gasteiger charge is -2.37. The maximum absolute atomic E-state index is 12.9. The molecule has 5 rings (SSSR count). The first-order chi connectivity index (χ1) is 16.1. The van der Waals surface area contributed by atoms with Crippen LogP contribution in [0.15, 0.2) is 78.9 Å². The molecule has 3 aromatic rings. The van der Waals surface area contributed by atoms with Crippen LogP contribution >= 0.6 is 0 Å². The number of fused-ring (bicyclic) bond motifs is 3. The molecule has 4 nitrogen and oxygen atoms in total. The highest BCUT2D eigenvalue weighted by molar-refractivity contribution is 5.79. The molecule has 3 aromatic carbocycles. The summed E-state index contributed by atoms with van der Waals surface area (Å²) < 4.78 is 5.85. The van der Waals surface area contributed by atoms with Crippen molar-refractivity contribution in [3.63, 3.8) is 0 Å². The molecule has 4 heteroatoms. The van der Waals surface area contributed by atoms with Crippen molar-refractivity contribution >= 4 is 6.09 Å². The van der Waals surface area contributed by atoms with E-state index in [1.807, 2.05) is 35.2 Å². The van der Waals surface area contributed by atoms with Gasteiger partial charge in [-0.05, 0) is 52.5 Å². The molecule has 1 aliphatic carbocycles. The smallest absolute Gasteiger partial charge is 0.409 e. The zero-order valence-corrected chi connectivity index (χ0v) is 19.1. The second-order valence-corrected chi connectivity index (χ2v) is 9.44. The second kappa shape index (κ2) is 9.40. The predicted octanol–water partition coefficient (Wildman–Crippen LogP) is 6.02. The highest BCUT2D eigenvalue weighted by atomic mass is 16.6. The van der Waals surface area contributed by atoms with E-state index in [0.717, 1.165) is 18.4 Å². The van der Waals surface area contributed by atoms with Crippen molar-refractivity contribution in [3.8, 4) is 11.1 Å². The van der Waals surface area contributed by atoms with Crippen molar-refractivity contribution in [2.24, 2.45) is 11.8 Å². The fourth-order valence-electron chi connectivity index (χ4n) is 5.49. The van der Waals surface area contributed by atoms with Gasteiger partial charge in [0.2, 0.25) is 0 Å². The fourth-order valence-corrected chi connectivity index (χ4v) is 5.49. The van der Waals surface area contributed by atoms with E-state index in [4.69, 9.17) is 4.74 Å².